The lowest BCUT2D eigenvalue weighted by Crippen LogP contribution is -2.47. The standard InChI is InChI=1S/C15H19Cl2N3O2/c1-9(20-6-4-10(5-7-20)14(18)21)15(22)19-13-3-2-11(16)8-12(13)17/h2-3,8-10H,4-7H2,1H3,(H2,18,21)(H,19,22)/t9-/m0/s1. The van der Waals surface area contributed by atoms with Crippen LogP contribution in [-0.2, 0) is 9.59 Å². The van der Waals surface area contributed by atoms with Crippen LogP contribution in [0.5, 0.6) is 0 Å². The van der Waals surface area contributed by atoms with Gasteiger partial charge in [0.25, 0.3) is 0 Å². The van der Waals surface area contributed by atoms with Crippen LogP contribution >= 0.6 is 23.2 Å². The number of benzene rings is 1. The number of nitrogens with two attached hydrogens (primary N) is 1. The molecule has 0 bridgehead atoms. The van der Waals surface area contributed by atoms with Gasteiger partial charge in [0.15, 0.2) is 0 Å². The number of hydrogen-bond donors (Lipinski definition) is 2. The Morgan fingerprint density at radius 1 is 1.32 bits per heavy atom. The van der Waals surface area contributed by atoms with Crippen molar-refractivity contribution in [3.05, 3.63) is 28.2 Å². The number of piperidine rings is 1. The normalized spacial score (nSPS) is 18.0. The fraction of sp³-hybridized carbons (Fsp3) is 0.467. The summed E-state index contributed by atoms with van der Waals surface area (Å²) in [4.78, 5) is 25.5. The fourth-order valence-electron chi connectivity index (χ4n) is 2.57. The third kappa shape index (κ3) is 4.12. The zero-order valence-corrected chi connectivity index (χ0v) is 13.8. The first-order chi connectivity index (χ1) is 10.4. The van der Waals surface area contributed by atoms with Crippen molar-refractivity contribution in [2.45, 2.75) is 25.8 Å². The second-order valence-corrected chi connectivity index (χ2v) is 6.35. The molecule has 1 aliphatic heterocycles. The van der Waals surface area contributed by atoms with E-state index in [-0.39, 0.29) is 23.8 Å². The predicted molar refractivity (Wildman–Crippen MR) is 88.0 cm³/mol. The number of carbonyl (C=O) groups excluding carboxylic acids is 2. The number of hydrogen-bond acceptors (Lipinski definition) is 3. The lowest BCUT2D eigenvalue weighted by atomic mass is 9.95. The minimum atomic E-state index is -0.305. The van der Waals surface area contributed by atoms with Gasteiger partial charge in [-0.2, -0.15) is 0 Å². The number of rotatable bonds is 4. The van der Waals surface area contributed by atoms with E-state index in [0.717, 1.165) is 0 Å². The van der Waals surface area contributed by atoms with Crippen LogP contribution in [0.3, 0.4) is 0 Å². The number of amides is 2. The van der Waals surface area contributed by atoms with E-state index in [1.807, 2.05) is 11.8 Å². The highest BCUT2D eigenvalue weighted by Crippen LogP contribution is 2.26. The number of nitrogens with zero attached hydrogens (tertiary/aromatic N) is 1. The van der Waals surface area contributed by atoms with Gasteiger partial charge in [-0.1, -0.05) is 23.2 Å². The highest BCUT2D eigenvalue weighted by atomic mass is 35.5. The Morgan fingerprint density at radius 3 is 2.50 bits per heavy atom. The van der Waals surface area contributed by atoms with Crippen molar-refractivity contribution >= 4 is 40.7 Å². The summed E-state index contributed by atoms with van der Waals surface area (Å²) in [6, 6.07) is 4.63. The van der Waals surface area contributed by atoms with Gasteiger partial charge < -0.3 is 11.1 Å². The minimum Gasteiger partial charge on any atom is -0.369 e. The van der Waals surface area contributed by atoms with Crippen LogP contribution in [0.4, 0.5) is 5.69 Å². The van der Waals surface area contributed by atoms with E-state index in [1.165, 1.54) is 0 Å². The van der Waals surface area contributed by atoms with Gasteiger partial charge >= 0.3 is 0 Å². The van der Waals surface area contributed by atoms with Crippen LogP contribution in [0, 0.1) is 5.92 Å². The van der Waals surface area contributed by atoms with Crippen molar-refractivity contribution in [2.75, 3.05) is 18.4 Å². The molecule has 0 radical (unpaired) electrons. The summed E-state index contributed by atoms with van der Waals surface area (Å²) in [6.45, 7) is 3.19. The minimum absolute atomic E-state index is 0.0859. The summed E-state index contributed by atoms with van der Waals surface area (Å²) in [5.74, 6) is -0.483. The third-order valence-electron chi connectivity index (χ3n) is 4.05. The number of nitrogens with one attached hydrogen (secondary N) is 1. The molecule has 1 aromatic carbocycles. The molecule has 0 spiro atoms. The molecular formula is C15H19Cl2N3O2. The maximum Gasteiger partial charge on any atom is 0.241 e. The Morgan fingerprint density at radius 2 is 1.95 bits per heavy atom. The van der Waals surface area contributed by atoms with E-state index in [1.54, 1.807) is 18.2 Å². The molecule has 0 aliphatic carbocycles. The van der Waals surface area contributed by atoms with Gasteiger partial charge in [-0.25, -0.2) is 0 Å². The molecule has 1 aliphatic rings. The third-order valence-corrected chi connectivity index (χ3v) is 4.60. The summed E-state index contributed by atoms with van der Waals surface area (Å²) in [6.07, 6.45) is 1.38. The monoisotopic (exact) mass is 343 g/mol. The zero-order chi connectivity index (χ0) is 16.3. The van der Waals surface area contributed by atoms with Gasteiger partial charge in [0, 0.05) is 10.9 Å². The molecule has 1 fully saturated rings. The summed E-state index contributed by atoms with van der Waals surface area (Å²) < 4.78 is 0. The molecule has 0 saturated carbocycles. The molecule has 0 unspecified atom stereocenters. The van der Waals surface area contributed by atoms with Crippen LogP contribution in [-0.4, -0.2) is 35.8 Å². The molecule has 0 aromatic heterocycles. The summed E-state index contributed by atoms with van der Waals surface area (Å²) in [7, 11) is 0. The van der Waals surface area contributed by atoms with Gasteiger partial charge in [0.2, 0.25) is 11.8 Å². The van der Waals surface area contributed by atoms with Crippen molar-refractivity contribution < 1.29 is 9.59 Å². The first-order valence-corrected chi connectivity index (χ1v) is 7.93. The Hall–Kier alpha value is -1.30. The van der Waals surface area contributed by atoms with Crippen LogP contribution in [0.1, 0.15) is 19.8 Å². The highest BCUT2D eigenvalue weighted by molar-refractivity contribution is 6.36. The van der Waals surface area contributed by atoms with Crippen molar-refractivity contribution in [1.29, 1.82) is 0 Å². The van der Waals surface area contributed by atoms with Crippen LogP contribution in [0.2, 0.25) is 10.0 Å². The second kappa shape index (κ2) is 7.31. The number of primary amides is 1. The molecule has 1 heterocycles. The van der Waals surface area contributed by atoms with Gasteiger partial charge in [-0.15, -0.1) is 0 Å². The maximum absolute atomic E-state index is 12.3. The van der Waals surface area contributed by atoms with E-state index in [0.29, 0.717) is 41.7 Å². The van der Waals surface area contributed by atoms with Crippen LogP contribution in [0.25, 0.3) is 0 Å². The van der Waals surface area contributed by atoms with Crippen LogP contribution < -0.4 is 11.1 Å². The van der Waals surface area contributed by atoms with E-state index < -0.39 is 0 Å². The average molecular weight is 344 g/mol. The van der Waals surface area contributed by atoms with Gasteiger partial charge in [-0.3, -0.25) is 14.5 Å². The molecule has 120 valence electrons. The number of halogens is 2. The molecule has 1 atom stereocenters. The van der Waals surface area contributed by atoms with E-state index in [4.69, 9.17) is 28.9 Å². The highest BCUT2D eigenvalue weighted by Gasteiger charge is 2.28. The Labute approximate surface area is 139 Å². The second-order valence-electron chi connectivity index (χ2n) is 5.50. The lowest BCUT2D eigenvalue weighted by molar-refractivity contribution is -0.124. The Bertz CT molecular complexity index is 572. The summed E-state index contributed by atoms with van der Waals surface area (Å²) in [5.41, 5.74) is 5.85. The smallest absolute Gasteiger partial charge is 0.241 e. The fourth-order valence-corrected chi connectivity index (χ4v) is 3.02. The maximum atomic E-state index is 12.3. The zero-order valence-electron chi connectivity index (χ0n) is 12.3. The van der Waals surface area contributed by atoms with Gasteiger partial charge in [0.05, 0.1) is 16.8 Å². The van der Waals surface area contributed by atoms with E-state index >= 15 is 0 Å². The molecule has 22 heavy (non-hydrogen) atoms. The van der Waals surface area contributed by atoms with Crippen molar-refractivity contribution in [1.82, 2.24) is 4.90 Å². The van der Waals surface area contributed by atoms with E-state index in [2.05, 4.69) is 5.32 Å². The molecule has 2 amide bonds. The van der Waals surface area contributed by atoms with Gasteiger partial charge in [-0.05, 0) is 51.1 Å². The number of likely N-dealkylation sites (tertiary alicyclic amines) is 1. The average Bonchev–Trinajstić information content (AvgIpc) is 2.49. The molecule has 5 nitrogen and oxygen atoms in total. The first-order valence-electron chi connectivity index (χ1n) is 7.17. The van der Waals surface area contributed by atoms with Crippen molar-refractivity contribution in [2.24, 2.45) is 11.7 Å². The molecule has 3 N–H and O–H groups in total. The quantitative estimate of drug-likeness (QED) is 0.881. The predicted octanol–water partition coefficient (Wildman–Crippen LogP) is 2.52. The van der Waals surface area contributed by atoms with E-state index in [9.17, 15) is 9.59 Å². The van der Waals surface area contributed by atoms with Gasteiger partial charge in [0.1, 0.15) is 0 Å². The molecule has 1 saturated heterocycles. The van der Waals surface area contributed by atoms with Crippen LogP contribution in [0.15, 0.2) is 18.2 Å². The molecular weight excluding hydrogens is 325 g/mol. The SMILES string of the molecule is C[C@@H](C(=O)Nc1ccc(Cl)cc1Cl)N1CCC(C(N)=O)CC1. The summed E-state index contributed by atoms with van der Waals surface area (Å²) in [5, 5.41) is 3.73. The molecule has 2 rings (SSSR count). The Balaban J connectivity index is 1.94. The van der Waals surface area contributed by atoms with Crippen molar-refractivity contribution in [3.63, 3.8) is 0 Å². The Kier molecular flexibility index (Phi) is 5.67. The largest absolute Gasteiger partial charge is 0.369 e. The number of anilines is 1. The number of carbonyl (C=O) groups is 2. The first kappa shape index (κ1) is 17.1. The topological polar surface area (TPSA) is 75.4 Å². The summed E-state index contributed by atoms with van der Waals surface area (Å²) >= 11 is 11.9. The van der Waals surface area contributed by atoms with Crippen molar-refractivity contribution in [3.8, 4) is 0 Å². The lowest BCUT2D eigenvalue weighted by Gasteiger charge is -2.34. The molecule has 7 heteroatoms. The molecule has 1 aromatic rings.